The van der Waals surface area contributed by atoms with Gasteiger partial charge in [-0.25, -0.2) is 14.2 Å². The molecule has 1 aliphatic heterocycles. The number of anilines is 1. The van der Waals surface area contributed by atoms with Crippen LogP contribution < -0.4 is 4.90 Å². The van der Waals surface area contributed by atoms with Gasteiger partial charge in [-0.3, -0.25) is 0 Å². The van der Waals surface area contributed by atoms with E-state index in [-0.39, 0.29) is 17.2 Å². The summed E-state index contributed by atoms with van der Waals surface area (Å²) < 4.78 is 19.1. The van der Waals surface area contributed by atoms with Crippen LogP contribution in [0.5, 0.6) is 0 Å². The van der Waals surface area contributed by atoms with E-state index in [2.05, 4.69) is 14.9 Å². The predicted octanol–water partition coefficient (Wildman–Crippen LogP) is 5.91. The summed E-state index contributed by atoms with van der Waals surface area (Å²) >= 11 is 7.83. The topological polar surface area (TPSA) is 58.6 Å². The Balaban J connectivity index is 1.70. The number of amides is 1. The average Bonchev–Trinajstić information content (AvgIpc) is 2.87. The van der Waals surface area contributed by atoms with Crippen molar-refractivity contribution in [3.8, 4) is 11.1 Å². The summed E-state index contributed by atoms with van der Waals surface area (Å²) in [5.41, 5.74) is 1.37. The van der Waals surface area contributed by atoms with Crippen LogP contribution in [0.2, 0.25) is 5.28 Å². The molecule has 1 amide bonds. The third-order valence-corrected chi connectivity index (χ3v) is 6.43. The number of nitrogens with zero attached hydrogens (tertiary/aromatic N) is 4. The molecular weight excluding hydrogens is 451 g/mol. The molecule has 9 heteroatoms. The van der Waals surface area contributed by atoms with E-state index in [1.54, 1.807) is 28.4 Å². The fourth-order valence-corrected chi connectivity index (χ4v) is 5.15. The second-order valence-corrected chi connectivity index (χ2v) is 10.4. The van der Waals surface area contributed by atoms with E-state index in [0.29, 0.717) is 19.6 Å². The summed E-state index contributed by atoms with van der Waals surface area (Å²) in [5.74, 6) is 0.468. The molecule has 0 radical (unpaired) electrons. The first-order valence-electron chi connectivity index (χ1n) is 10.6. The van der Waals surface area contributed by atoms with Gasteiger partial charge in [0.1, 0.15) is 22.1 Å². The molecule has 1 fully saturated rings. The predicted molar refractivity (Wildman–Crippen MR) is 127 cm³/mol. The first-order valence-corrected chi connectivity index (χ1v) is 11.8. The van der Waals surface area contributed by atoms with Crippen LogP contribution in [0.25, 0.3) is 21.3 Å². The van der Waals surface area contributed by atoms with E-state index < -0.39 is 5.60 Å². The number of benzene rings is 1. The number of rotatable bonds is 2. The van der Waals surface area contributed by atoms with Gasteiger partial charge in [0.05, 0.1) is 5.39 Å². The molecule has 32 heavy (non-hydrogen) atoms. The SMILES string of the molecule is Cc1sc2nc(Cl)nc(N3CCCN(C(=O)OC(C)(C)C)CC3)c2c1-c1ccc(F)cc1. The molecule has 0 spiro atoms. The van der Waals surface area contributed by atoms with E-state index in [0.717, 1.165) is 45.0 Å². The summed E-state index contributed by atoms with van der Waals surface area (Å²) in [4.78, 5) is 27.4. The highest BCUT2D eigenvalue weighted by molar-refractivity contribution is 7.19. The average molecular weight is 477 g/mol. The molecule has 1 saturated heterocycles. The summed E-state index contributed by atoms with van der Waals surface area (Å²) in [5, 5.41) is 1.10. The molecule has 6 nitrogen and oxygen atoms in total. The molecule has 1 aliphatic rings. The van der Waals surface area contributed by atoms with Gasteiger partial charge in [0.25, 0.3) is 0 Å². The third kappa shape index (κ3) is 4.81. The molecule has 2 aromatic heterocycles. The lowest BCUT2D eigenvalue weighted by Crippen LogP contribution is -2.39. The van der Waals surface area contributed by atoms with Crippen molar-refractivity contribution in [3.63, 3.8) is 0 Å². The summed E-state index contributed by atoms with van der Waals surface area (Å²) in [6.07, 6.45) is 0.473. The first kappa shape index (κ1) is 22.7. The quantitative estimate of drug-likeness (QED) is 0.430. The molecule has 0 N–H and O–H groups in total. The number of halogens is 2. The van der Waals surface area contributed by atoms with Gasteiger partial charge in [-0.15, -0.1) is 11.3 Å². The van der Waals surface area contributed by atoms with Crippen LogP contribution in [0.15, 0.2) is 24.3 Å². The largest absolute Gasteiger partial charge is 0.444 e. The van der Waals surface area contributed by atoms with Gasteiger partial charge in [-0.05, 0) is 63.4 Å². The van der Waals surface area contributed by atoms with Crippen LogP contribution in [0.4, 0.5) is 15.0 Å². The highest BCUT2D eigenvalue weighted by Gasteiger charge is 2.27. The molecule has 0 unspecified atom stereocenters. The maximum atomic E-state index is 13.5. The van der Waals surface area contributed by atoms with Gasteiger partial charge in [-0.2, -0.15) is 4.98 Å². The van der Waals surface area contributed by atoms with Crippen molar-refractivity contribution in [2.45, 2.75) is 39.7 Å². The summed E-state index contributed by atoms with van der Waals surface area (Å²) in [6, 6.07) is 6.46. The Kier molecular flexibility index (Phi) is 6.27. The minimum absolute atomic E-state index is 0.188. The molecule has 3 heterocycles. The Hall–Kier alpha value is -2.45. The van der Waals surface area contributed by atoms with Gasteiger partial charge in [0.2, 0.25) is 5.28 Å². The van der Waals surface area contributed by atoms with Crippen LogP contribution >= 0.6 is 22.9 Å². The van der Waals surface area contributed by atoms with Crippen molar-refractivity contribution in [2.75, 3.05) is 31.1 Å². The Morgan fingerprint density at radius 2 is 1.84 bits per heavy atom. The number of thiophene rings is 1. The van der Waals surface area contributed by atoms with Crippen LogP contribution in [0.3, 0.4) is 0 Å². The number of carbonyl (C=O) groups is 1. The zero-order valence-electron chi connectivity index (χ0n) is 18.6. The Morgan fingerprint density at radius 1 is 1.12 bits per heavy atom. The number of ether oxygens (including phenoxy) is 1. The van der Waals surface area contributed by atoms with E-state index >= 15 is 0 Å². The standard InChI is InChI=1S/C23H26ClFN4O2S/c1-14-17(15-6-8-16(25)9-7-15)18-19(26-21(24)27-20(18)32-14)28-10-5-11-29(13-12-28)22(30)31-23(2,3)4/h6-9H,5,10-13H2,1-4H3. The minimum atomic E-state index is -0.534. The number of fused-ring (bicyclic) bond motifs is 1. The molecule has 0 atom stereocenters. The van der Waals surface area contributed by atoms with Crippen LogP contribution in [0.1, 0.15) is 32.1 Å². The normalized spacial score (nSPS) is 15.2. The van der Waals surface area contributed by atoms with Crippen LogP contribution in [-0.2, 0) is 4.74 Å². The van der Waals surface area contributed by atoms with Crippen molar-refractivity contribution in [3.05, 3.63) is 40.2 Å². The van der Waals surface area contributed by atoms with Gasteiger partial charge >= 0.3 is 6.09 Å². The van der Waals surface area contributed by atoms with E-state index in [1.165, 1.54) is 12.1 Å². The number of aromatic nitrogens is 2. The molecule has 1 aromatic carbocycles. The van der Waals surface area contributed by atoms with E-state index in [9.17, 15) is 9.18 Å². The molecule has 3 aromatic rings. The monoisotopic (exact) mass is 476 g/mol. The smallest absolute Gasteiger partial charge is 0.410 e. The molecule has 4 rings (SSSR count). The Bertz CT molecular complexity index is 1140. The second-order valence-electron chi connectivity index (χ2n) is 8.84. The van der Waals surface area contributed by atoms with Crippen LogP contribution in [-0.4, -0.2) is 52.7 Å². The zero-order chi connectivity index (χ0) is 23.0. The van der Waals surface area contributed by atoms with Gasteiger partial charge in [0, 0.05) is 36.6 Å². The number of aryl methyl sites for hydroxylation is 1. The minimum Gasteiger partial charge on any atom is -0.444 e. The van der Waals surface area contributed by atoms with Gasteiger partial charge in [0.15, 0.2) is 0 Å². The fourth-order valence-electron chi connectivity index (χ4n) is 3.90. The Labute approximate surface area is 196 Å². The first-order chi connectivity index (χ1) is 15.1. The van der Waals surface area contributed by atoms with Gasteiger partial charge < -0.3 is 14.5 Å². The van der Waals surface area contributed by atoms with Crippen molar-refractivity contribution in [2.24, 2.45) is 0 Å². The number of carbonyl (C=O) groups excluding carboxylic acids is 1. The number of hydrogen-bond acceptors (Lipinski definition) is 6. The molecular formula is C23H26ClFN4O2S. The van der Waals surface area contributed by atoms with Crippen molar-refractivity contribution in [1.82, 2.24) is 14.9 Å². The van der Waals surface area contributed by atoms with E-state index in [4.69, 9.17) is 16.3 Å². The van der Waals surface area contributed by atoms with Crippen LogP contribution in [0, 0.1) is 12.7 Å². The van der Waals surface area contributed by atoms with E-state index in [1.807, 2.05) is 27.7 Å². The van der Waals surface area contributed by atoms with Gasteiger partial charge in [-0.1, -0.05) is 12.1 Å². The highest BCUT2D eigenvalue weighted by Crippen LogP contribution is 2.42. The third-order valence-electron chi connectivity index (χ3n) is 5.26. The summed E-state index contributed by atoms with van der Waals surface area (Å²) in [6.45, 7) is 10.1. The molecule has 0 aliphatic carbocycles. The zero-order valence-corrected chi connectivity index (χ0v) is 20.2. The lowest BCUT2D eigenvalue weighted by molar-refractivity contribution is 0.0263. The van der Waals surface area contributed by atoms with Crippen molar-refractivity contribution < 1.29 is 13.9 Å². The maximum Gasteiger partial charge on any atom is 0.410 e. The molecule has 0 bridgehead atoms. The second kappa shape index (κ2) is 8.83. The van der Waals surface area contributed by atoms with Crippen molar-refractivity contribution >= 4 is 45.1 Å². The fraction of sp³-hybridized carbons (Fsp3) is 0.435. The lowest BCUT2D eigenvalue weighted by atomic mass is 10.0. The lowest BCUT2D eigenvalue weighted by Gasteiger charge is -2.27. The maximum absolute atomic E-state index is 13.5. The Morgan fingerprint density at radius 3 is 2.53 bits per heavy atom. The molecule has 0 saturated carbocycles. The summed E-state index contributed by atoms with van der Waals surface area (Å²) in [7, 11) is 0. The molecule has 170 valence electrons. The van der Waals surface area contributed by atoms with Crippen molar-refractivity contribution in [1.29, 1.82) is 0 Å². The number of hydrogen-bond donors (Lipinski definition) is 0. The highest BCUT2D eigenvalue weighted by atomic mass is 35.5.